The zero-order valence-electron chi connectivity index (χ0n) is 11.1. The van der Waals surface area contributed by atoms with Gasteiger partial charge in [-0.2, -0.15) is 0 Å². The maximum absolute atomic E-state index is 11.7. The fourth-order valence-corrected chi connectivity index (χ4v) is 2.25. The second kappa shape index (κ2) is 6.24. The van der Waals surface area contributed by atoms with Gasteiger partial charge in [-0.15, -0.1) is 5.10 Å². The van der Waals surface area contributed by atoms with Crippen LogP contribution in [0.15, 0.2) is 18.2 Å². The summed E-state index contributed by atoms with van der Waals surface area (Å²) in [6.45, 7) is 4.12. The van der Waals surface area contributed by atoms with E-state index in [1.54, 1.807) is 36.7 Å². The van der Waals surface area contributed by atoms with Crippen LogP contribution in [0.1, 0.15) is 28.7 Å². The molecule has 0 bridgehead atoms. The number of aromatic nitrogens is 3. The first kappa shape index (κ1) is 14.8. The summed E-state index contributed by atoms with van der Waals surface area (Å²) < 4.78 is 6.48. The number of carbonyl (C=O) groups is 1. The fraction of sp³-hybridized carbons (Fsp3) is 0.308. The zero-order chi connectivity index (χ0) is 14.7. The van der Waals surface area contributed by atoms with E-state index in [4.69, 9.17) is 27.9 Å². The molecule has 0 aliphatic carbocycles. The van der Waals surface area contributed by atoms with E-state index in [1.165, 1.54) is 0 Å². The molecule has 1 heterocycles. The summed E-state index contributed by atoms with van der Waals surface area (Å²) in [6, 6.07) is 5.27. The summed E-state index contributed by atoms with van der Waals surface area (Å²) in [7, 11) is 0. The molecule has 0 atom stereocenters. The minimum atomic E-state index is -0.485. The van der Waals surface area contributed by atoms with E-state index in [9.17, 15) is 4.79 Å². The number of esters is 1. The van der Waals surface area contributed by atoms with E-state index >= 15 is 0 Å². The Morgan fingerprint density at radius 1 is 1.35 bits per heavy atom. The lowest BCUT2D eigenvalue weighted by atomic mass is 10.2. The lowest BCUT2D eigenvalue weighted by Gasteiger charge is -2.08. The van der Waals surface area contributed by atoms with Crippen molar-refractivity contribution in [2.45, 2.75) is 20.4 Å². The Balaban J connectivity index is 2.29. The molecule has 1 aromatic heterocycles. The van der Waals surface area contributed by atoms with Gasteiger partial charge in [0.15, 0.2) is 5.69 Å². The topological polar surface area (TPSA) is 57.0 Å². The van der Waals surface area contributed by atoms with Gasteiger partial charge in [-0.25, -0.2) is 9.48 Å². The van der Waals surface area contributed by atoms with Gasteiger partial charge in [-0.05, 0) is 26.0 Å². The molecule has 0 aliphatic rings. The minimum absolute atomic E-state index is 0.204. The predicted octanol–water partition coefficient (Wildman–Crippen LogP) is 3.12. The Morgan fingerprint density at radius 2 is 2.00 bits per heavy atom. The third-order valence-corrected chi connectivity index (χ3v) is 3.53. The Labute approximate surface area is 126 Å². The van der Waals surface area contributed by atoms with Crippen LogP contribution in [-0.2, 0) is 11.3 Å². The molecular formula is C13H13Cl2N3O2. The summed E-state index contributed by atoms with van der Waals surface area (Å²) in [6.07, 6.45) is 0. The Kier molecular flexibility index (Phi) is 4.62. The molecule has 2 aromatic rings. The zero-order valence-corrected chi connectivity index (χ0v) is 12.6. The van der Waals surface area contributed by atoms with Crippen LogP contribution in [-0.4, -0.2) is 27.6 Å². The molecule has 0 spiro atoms. The minimum Gasteiger partial charge on any atom is -0.461 e. The summed E-state index contributed by atoms with van der Waals surface area (Å²) in [5.41, 5.74) is 1.55. The summed E-state index contributed by atoms with van der Waals surface area (Å²) in [4.78, 5) is 11.7. The van der Waals surface area contributed by atoms with Gasteiger partial charge < -0.3 is 4.74 Å². The summed E-state index contributed by atoms with van der Waals surface area (Å²) >= 11 is 12.2. The molecule has 0 fully saturated rings. The normalized spacial score (nSPS) is 10.6. The molecule has 20 heavy (non-hydrogen) atoms. The van der Waals surface area contributed by atoms with Crippen molar-refractivity contribution in [3.8, 4) is 0 Å². The average Bonchev–Trinajstić information content (AvgIpc) is 2.76. The van der Waals surface area contributed by atoms with E-state index < -0.39 is 5.97 Å². The molecular weight excluding hydrogens is 301 g/mol. The molecule has 0 saturated heterocycles. The van der Waals surface area contributed by atoms with Crippen LogP contribution in [0, 0.1) is 6.92 Å². The summed E-state index contributed by atoms with van der Waals surface area (Å²) in [5, 5.41) is 8.88. The number of hydrogen-bond donors (Lipinski definition) is 0. The molecule has 0 radical (unpaired) electrons. The molecule has 0 N–H and O–H groups in total. The smallest absolute Gasteiger partial charge is 0.360 e. The largest absolute Gasteiger partial charge is 0.461 e. The van der Waals surface area contributed by atoms with E-state index in [0.29, 0.717) is 28.9 Å². The molecule has 0 aliphatic heterocycles. The molecule has 0 amide bonds. The molecule has 2 rings (SSSR count). The Bertz CT molecular complexity index is 620. The standard InChI is InChI=1S/C13H13Cl2N3O2/c1-3-20-13(19)12-8(2)18(17-16-12)7-9-10(14)5-4-6-11(9)15/h4-6H,3,7H2,1-2H3. The van der Waals surface area contributed by atoms with Crippen LogP contribution >= 0.6 is 23.2 Å². The second-order valence-electron chi connectivity index (χ2n) is 4.10. The van der Waals surface area contributed by atoms with E-state index in [-0.39, 0.29) is 5.69 Å². The highest BCUT2D eigenvalue weighted by molar-refractivity contribution is 6.35. The molecule has 5 nitrogen and oxygen atoms in total. The fourth-order valence-electron chi connectivity index (χ4n) is 1.73. The van der Waals surface area contributed by atoms with Crippen LogP contribution in [0.5, 0.6) is 0 Å². The highest BCUT2D eigenvalue weighted by atomic mass is 35.5. The number of nitrogens with zero attached hydrogens (tertiary/aromatic N) is 3. The second-order valence-corrected chi connectivity index (χ2v) is 4.92. The van der Waals surface area contributed by atoms with Gasteiger partial charge in [0.25, 0.3) is 0 Å². The van der Waals surface area contributed by atoms with Gasteiger partial charge in [0.2, 0.25) is 0 Å². The van der Waals surface area contributed by atoms with E-state index in [1.807, 2.05) is 0 Å². The number of hydrogen-bond acceptors (Lipinski definition) is 4. The van der Waals surface area contributed by atoms with E-state index in [0.717, 1.165) is 5.56 Å². The Morgan fingerprint density at radius 3 is 2.60 bits per heavy atom. The van der Waals surface area contributed by atoms with Gasteiger partial charge in [-0.1, -0.05) is 34.5 Å². The molecule has 1 aromatic carbocycles. The van der Waals surface area contributed by atoms with Gasteiger partial charge in [0.05, 0.1) is 18.8 Å². The van der Waals surface area contributed by atoms with Crippen LogP contribution in [0.25, 0.3) is 0 Å². The Hall–Kier alpha value is -1.59. The predicted molar refractivity (Wildman–Crippen MR) is 76.3 cm³/mol. The van der Waals surface area contributed by atoms with Gasteiger partial charge in [0.1, 0.15) is 0 Å². The van der Waals surface area contributed by atoms with Crippen LogP contribution in [0.2, 0.25) is 10.0 Å². The molecule has 0 saturated carbocycles. The molecule has 0 unspecified atom stereocenters. The third kappa shape index (κ3) is 2.94. The number of carbonyl (C=O) groups excluding carboxylic acids is 1. The van der Waals surface area contributed by atoms with E-state index in [2.05, 4.69) is 10.3 Å². The number of rotatable bonds is 4. The van der Waals surface area contributed by atoms with Crippen molar-refractivity contribution in [1.82, 2.24) is 15.0 Å². The number of ether oxygens (including phenoxy) is 1. The number of halogens is 2. The van der Waals surface area contributed by atoms with Crippen molar-refractivity contribution in [2.24, 2.45) is 0 Å². The average molecular weight is 314 g/mol. The van der Waals surface area contributed by atoms with Gasteiger partial charge >= 0.3 is 5.97 Å². The monoisotopic (exact) mass is 313 g/mol. The first-order valence-corrected chi connectivity index (χ1v) is 6.80. The lowest BCUT2D eigenvalue weighted by Crippen LogP contribution is -2.09. The van der Waals surface area contributed by atoms with Crippen LogP contribution < -0.4 is 0 Å². The summed E-state index contributed by atoms with van der Waals surface area (Å²) in [5.74, 6) is -0.485. The molecule has 7 heteroatoms. The maximum Gasteiger partial charge on any atom is 0.360 e. The van der Waals surface area contributed by atoms with Crippen LogP contribution in [0.4, 0.5) is 0 Å². The van der Waals surface area contributed by atoms with Crippen molar-refractivity contribution in [3.63, 3.8) is 0 Å². The van der Waals surface area contributed by atoms with Crippen molar-refractivity contribution in [1.29, 1.82) is 0 Å². The van der Waals surface area contributed by atoms with Crippen molar-refractivity contribution >= 4 is 29.2 Å². The number of benzene rings is 1. The maximum atomic E-state index is 11.7. The van der Waals surface area contributed by atoms with Crippen molar-refractivity contribution in [3.05, 3.63) is 45.2 Å². The van der Waals surface area contributed by atoms with Gasteiger partial charge in [0, 0.05) is 15.6 Å². The van der Waals surface area contributed by atoms with Crippen molar-refractivity contribution < 1.29 is 9.53 Å². The quantitative estimate of drug-likeness (QED) is 0.814. The lowest BCUT2D eigenvalue weighted by molar-refractivity contribution is 0.0518. The van der Waals surface area contributed by atoms with Crippen LogP contribution in [0.3, 0.4) is 0 Å². The van der Waals surface area contributed by atoms with Gasteiger partial charge in [-0.3, -0.25) is 0 Å². The third-order valence-electron chi connectivity index (χ3n) is 2.82. The first-order chi connectivity index (χ1) is 9.54. The van der Waals surface area contributed by atoms with Crippen molar-refractivity contribution in [2.75, 3.05) is 6.61 Å². The highest BCUT2D eigenvalue weighted by Gasteiger charge is 2.18. The SMILES string of the molecule is CCOC(=O)c1nnn(Cc2c(Cl)cccc2Cl)c1C. The highest BCUT2D eigenvalue weighted by Crippen LogP contribution is 2.25. The first-order valence-electron chi connectivity index (χ1n) is 6.04. The molecule has 106 valence electrons.